The molecular weight excluding hydrogens is 402 g/mol. The van der Waals surface area contributed by atoms with E-state index in [4.69, 9.17) is 4.74 Å². The quantitative estimate of drug-likeness (QED) is 0.484. The molecule has 1 fully saturated rings. The van der Waals surface area contributed by atoms with Crippen LogP contribution in [-0.4, -0.2) is 45.1 Å². The van der Waals surface area contributed by atoms with Gasteiger partial charge >= 0.3 is 0 Å². The summed E-state index contributed by atoms with van der Waals surface area (Å²) < 4.78 is 5.96. The zero-order chi connectivity index (χ0) is 21.9. The van der Waals surface area contributed by atoms with Crippen molar-refractivity contribution in [2.24, 2.45) is 0 Å². The largest absolute Gasteiger partial charge is 0.439 e. The monoisotopic (exact) mass is 427 g/mol. The van der Waals surface area contributed by atoms with Crippen LogP contribution in [0, 0.1) is 0 Å². The summed E-state index contributed by atoms with van der Waals surface area (Å²) >= 11 is 0. The minimum Gasteiger partial charge on any atom is -0.439 e. The lowest BCUT2D eigenvalue weighted by molar-refractivity contribution is -0.119. The Morgan fingerprint density at radius 3 is 2.81 bits per heavy atom. The number of rotatable bonds is 6. The summed E-state index contributed by atoms with van der Waals surface area (Å²) in [5.41, 5.74) is 3.15. The first-order chi connectivity index (χ1) is 15.6. The van der Waals surface area contributed by atoms with Crippen LogP contribution in [0.5, 0.6) is 11.6 Å². The highest BCUT2D eigenvalue weighted by Gasteiger charge is 2.22. The first-order valence-electron chi connectivity index (χ1n) is 10.8. The standard InChI is InChI=1S/C25H25N5O2/c1-17(31)28-22-9-11-30(16-22)15-18-2-3-20-13-23(6-4-19(20)12-18)32-25-7-5-21(14-26-25)24-8-10-27-29-24/h2-8,10,12-14,22H,9,11,15-16H2,1H3,(H,27,29)(H,28,31). The minimum atomic E-state index is 0.0459. The second-order valence-corrected chi connectivity index (χ2v) is 8.22. The first-order valence-corrected chi connectivity index (χ1v) is 10.8. The fourth-order valence-electron chi connectivity index (χ4n) is 4.21. The summed E-state index contributed by atoms with van der Waals surface area (Å²) in [5, 5.41) is 12.2. The number of amides is 1. The van der Waals surface area contributed by atoms with Gasteiger partial charge < -0.3 is 10.1 Å². The SMILES string of the molecule is CC(=O)NC1CCN(Cc2ccc3cc(Oc4ccc(-c5ccn[nH]5)cn4)ccc3c2)C1. The Hall–Kier alpha value is -3.71. The first kappa shape index (κ1) is 20.2. The Labute approximate surface area is 186 Å². The molecule has 162 valence electrons. The second-order valence-electron chi connectivity index (χ2n) is 8.22. The van der Waals surface area contributed by atoms with Crippen molar-refractivity contribution < 1.29 is 9.53 Å². The molecule has 0 radical (unpaired) electrons. The summed E-state index contributed by atoms with van der Waals surface area (Å²) in [6.07, 6.45) is 4.49. The van der Waals surface area contributed by atoms with E-state index in [0.29, 0.717) is 5.88 Å². The van der Waals surface area contributed by atoms with Gasteiger partial charge in [-0.1, -0.05) is 18.2 Å². The number of hydrogen-bond donors (Lipinski definition) is 2. The molecule has 0 spiro atoms. The fourth-order valence-corrected chi connectivity index (χ4v) is 4.21. The van der Waals surface area contributed by atoms with Crippen LogP contribution in [0.4, 0.5) is 0 Å². The van der Waals surface area contributed by atoms with Crippen molar-refractivity contribution in [3.05, 3.63) is 72.6 Å². The predicted octanol–water partition coefficient (Wildman–Crippen LogP) is 4.13. The van der Waals surface area contributed by atoms with Gasteiger partial charge in [-0.3, -0.25) is 14.8 Å². The maximum Gasteiger partial charge on any atom is 0.219 e. The number of carbonyl (C=O) groups is 1. The van der Waals surface area contributed by atoms with Crippen molar-refractivity contribution in [1.82, 2.24) is 25.4 Å². The number of hydrogen-bond acceptors (Lipinski definition) is 5. The highest BCUT2D eigenvalue weighted by molar-refractivity contribution is 5.84. The van der Waals surface area contributed by atoms with Crippen LogP contribution in [0.3, 0.4) is 0 Å². The topological polar surface area (TPSA) is 83.1 Å². The molecule has 2 aromatic heterocycles. The summed E-state index contributed by atoms with van der Waals surface area (Å²) in [4.78, 5) is 18.1. The number of nitrogens with one attached hydrogen (secondary N) is 2. The Balaban J connectivity index is 1.24. The second kappa shape index (κ2) is 8.80. The van der Waals surface area contributed by atoms with E-state index in [1.54, 1.807) is 19.3 Å². The average molecular weight is 428 g/mol. The maximum atomic E-state index is 11.3. The van der Waals surface area contributed by atoms with Gasteiger partial charge in [0, 0.05) is 56.6 Å². The molecule has 2 N–H and O–H groups in total. The van der Waals surface area contributed by atoms with Crippen molar-refractivity contribution in [1.29, 1.82) is 0 Å². The molecule has 3 heterocycles. The average Bonchev–Trinajstić information content (AvgIpc) is 3.47. The highest BCUT2D eigenvalue weighted by Crippen LogP contribution is 2.27. The molecule has 2 aromatic carbocycles. The van der Waals surface area contributed by atoms with E-state index < -0.39 is 0 Å². The van der Waals surface area contributed by atoms with Crippen LogP contribution in [0.2, 0.25) is 0 Å². The van der Waals surface area contributed by atoms with Crippen LogP contribution in [0.25, 0.3) is 22.0 Å². The van der Waals surface area contributed by atoms with Gasteiger partial charge in [0.15, 0.2) is 0 Å². The lowest BCUT2D eigenvalue weighted by Crippen LogP contribution is -2.35. The summed E-state index contributed by atoms with van der Waals surface area (Å²) in [6, 6.07) is 18.6. The summed E-state index contributed by atoms with van der Waals surface area (Å²) in [6.45, 7) is 4.37. The third-order valence-corrected chi connectivity index (χ3v) is 5.73. The normalized spacial score (nSPS) is 16.3. The fraction of sp³-hybridized carbons (Fsp3) is 0.240. The number of carbonyl (C=O) groups excluding carboxylic acids is 1. The van der Waals surface area contributed by atoms with Crippen LogP contribution >= 0.6 is 0 Å². The molecule has 0 bridgehead atoms. The summed E-state index contributed by atoms with van der Waals surface area (Å²) in [5.74, 6) is 1.35. The number of aromatic nitrogens is 3. The number of likely N-dealkylation sites (tertiary alicyclic amines) is 1. The molecule has 1 saturated heterocycles. The predicted molar refractivity (Wildman–Crippen MR) is 123 cm³/mol. The molecule has 32 heavy (non-hydrogen) atoms. The zero-order valence-electron chi connectivity index (χ0n) is 17.9. The van der Waals surface area contributed by atoms with E-state index in [1.807, 2.05) is 30.3 Å². The van der Waals surface area contributed by atoms with Gasteiger partial charge in [-0.05, 0) is 53.1 Å². The van der Waals surface area contributed by atoms with Gasteiger partial charge in [-0.25, -0.2) is 4.98 Å². The van der Waals surface area contributed by atoms with Gasteiger partial charge in [0.2, 0.25) is 11.8 Å². The minimum absolute atomic E-state index is 0.0459. The van der Waals surface area contributed by atoms with E-state index in [-0.39, 0.29) is 11.9 Å². The number of H-pyrrole nitrogens is 1. The number of benzene rings is 2. The Bertz CT molecular complexity index is 1220. The smallest absolute Gasteiger partial charge is 0.219 e. The Kier molecular flexibility index (Phi) is 5.56. The van der Waals surface area contributed by atoms with Gasteiger partial charge in [0.05, 0.1) is 5.69 Å². The van der Waals surface area contributed by atoms with Crippen LogP contribution in [0.1, 0.15) is 18.9 Å². The molecule has 1 atom stereocenters. The Morgan fingerprint density at radius 2 is 2.03 bits per heavy atom. The highest BCUT2D eigenvalue weighted by atomic mass is 16.5. The van der Waals surface area contributed by atoms with Crippen molar-refractivity contribution in [3.63, 3.8) is 0 Å². The molecule has 1 aliphatic rings. The van der Waals surface area contributed by atoms with Crippen molar-refractivity contribution in [2.75, 3.05) is 13.1 Å². The van der Waals surface area contributed by atoms with Gasteiger partial charge in [0.1, 0.15) is 5.75 Å². The number of pyridine rings is 1. The number of fused-ring (bicyclic) bond motifs is 1. The molecule has 5 rings (SSSR count). The summed E-state index contributed by atoms with van der Waals surface area (Å²) in [7, 11) is 0. The van der Waals surface area contributed by atoms with E-state index in [0.717, 1.165) is 48.4 Å². The molecule has 7 heteroatoms. The lowest BCUT2D eigenvalue weighted by atomic mass is 10.1. The van der Waals surface area contributed by atoms with Crippen molar-refractivity contribution in [2.45, 2.75) is 25.9 Å². The number of aromatic amines is 1. The number of ether oxygens (including phenoxy) is 1. The third-order valence-electron chi connectivity index (χ3n) is 5.73. The molecule has 7 nitrogen and oxygen atoms in total. The molecule has 1 aliphatic heterocycles. The van der Waals surface area contributed by atoms with Crippen molar-refractivity contribution in [3.8, 4) is 22.9 Å². The van der Waals surface area contributed by atoms with Crippen molar-refractivity contribution >= 4 is 16.7 Å². The van der Waals surface area contributed by atoms with Crippen LogP contribution < -0.4 is 10.1 Å². The van der Waals surface area contributed by atoms with Crippen LogP contribution in [-0.2, 0) is 11.3 Å². The zero-order valence-corrected chi connectivity index (χ0v) is 17.9. The van der Waals surface area contributed by atoms with Crippen LogP contribution in [0.15, 0.2) is 67.0 Å². The van der Waals surface area contributed by atoms with E-state index >= 15 is 0 Å². The molecule has 4 aromatic rings. The van der Waals surface area contributed by atoms with E-state index in [1.165, 1.54) is 10.9 Å². The van der Waals surface area contributed by atoms with E-state index in [9.17, 15) is 4.79 Å². The van der Waals surface area contributed by atoms with Gasteiger partial charge in [-0.15, -0.1) is 0 Å². The molecule has 1 amide bonds. The molecule has 0 aliphatic carbocycles. The molecule has 0 saturated carbocycles. The van der Waals surface area contributed by atoms with Gasteiger partial charge in [-0.2, -0.15) is 5.10 Å². The molecular formula is C25H25N5O2. The van der Waals surface area contributed by atoms with Gasteiger partial charge in [0.25, 0.3) is 0 Å². The lowest BCUT2D eigenvalue weighted by Gasteiger charge is -2.17. The van der Waals surface area contributed by atoms with E-state index in [2.05, 4.69) is 49.7 Å². The third kappa shape index (κ3) is 4.63. The molecule has 1 unspecified atom stereocenters. The number of nitrogens with zero attached hydrogens (tertiary/aromatic N) is 3. The Morgan fingerprint density at radius 1 is 1.16 bits per heavy atom. The maximum absolute atomic E-state index is 11.3.